The summed E-state index contributed by atoms with van der Waals surface area (Å²) in [7, 11) is 1.36. The number of hydrogen-bond donors (Lipinski definition) is 0. The van der Waals surface area contributed by atoms with Crippen molar-refractivity contribution in [2.75, 3.05) is 7.11 Å². The Morgan fingerprint density at radius 1 is 1.26 bits per heavy atom. The fourth-order valence-electron chi connectivity index (χ4n) is 2.06. The fraction of sp³-hybridized carbons (Fsp3) is 0.267. The lowest BCUT2D eigenvalue weighted by molar-refractivity contribution is -0.139. The summed E-state index contributed by atoms with van der Waals surface area (Å²) in [5.41, 5.74) is 3.20. The number of benzene rings is 1. The second-order valence-electron chi connectivity index (χ2n) is 4.97. The highest BCUT2D eigenvalue weighted by Crippen LogP contribution is 2.27. The quantitative estimate of drug-likeness (QED) is 0.412. The van der Waals surface area contributed by atoms with Crippen LogP contribution in [-0.2, 0) is 9.53 Å². The number of fused-ring (bicyclic) bond motifs is 1. The molecule has 0 aliphatic heterocycles. The van der Waals surface area contributed by atoms with Crippen molar-refractivity contribution in [1.82, 2.24) is 25.0 Å². The molecule has 0 N–H and O–H groups in total. The van der Waals surface area contributed by atoms with Gasteiger partial charge in [0, 0.05) is 0 Å². The maximum absolute atomic E-state index is 11.6. The predicted octanol–water partition coefficient (Wildman–Crippen LogP) is 2.17. The van der Waals surface area contributed by atoms with E-state index in [1.54, 1.807) is 11.6 Å². The lowest BCUT2D eigenvalue weighted by Gasteiger charge is -2.07. The van der Waals surface area contributed by atoms with Gasteiger partial charge in [0.2, 0.25) is 0 Å². The van der Waals surface area contributed by atoms with E-state index >= 15 is 0 Å². The van der Waals surface area contributed by atoms with Crippen LogP contribution in [0.15, 0.2) is 35.6 Å². The Labute approximate surface area is 137 Å². The molecule has 0 saturated carbocycles. The van der Waals surface area contributed by atoms with Crippen molar-refractivity contribution < 1.29 is 9.53 Å². The number of esters is 1. The lowest BCUT2D eigenvalue weighted by Crippen LogP contribution is -2.14. The number of nitrogens with zero attached hydrogens (tertiary/aromatic N) is 5. The third-order valence-corrected chi connectivity index (χ3v) is 4.37. The van der Waals surface area contributed by atoms with Gasteiger partial charge in [0.25, 0.3) is 0 Å². The number of methoxy groups -OCH3 is 1. The van der Waals surface area contributed by atoms with E-state index in [1.807, 2.05) is 31.2 Å². The van der Waals surface area contributed by atoms with Gasteiger partial charge in [0.05, 0.1) is 12.8 Å². The molecule has 3 rings (SSSR count). The first kappa shape index (κ1) is 15.4. The van der Waals surface area contributed by atoms with E-state index in [9.17, 15) is 4.79 Å². The monoisotopic (exact) mass is 329 g/mol. The smallest absolute Gasteiger partial charge is 0.318 e. The van der Waals surface area contributed by atoms with Gasteiger partial charge in [0.1, 0.15) is 16.6 Å². The van der Waals surface area contributed by atoms with E-state index in [4.69, 9.17) is 4.74 Å². The molecule has 23 heavy (non-hydrogen) atoms. The van der Waals surface area contributed by atoms with E-state index in [2.05, 4.69) is 20.3 Å². The summed E-state index contributed by atoms with van der Waals surface area (Å²) < 4.78 is 6.39. The number of ether oxygens (including phenoxy) is 1. The Balaban J connectivity index is 2.00. The molecule has 2 heterocycles. The van der Waals surface area contributed by atoms with Crippen LogP contribution >= 0.6 is 11.8 Å². The summed E-state index contributed by atoms with van der Waals surface area (Å²) >= 11 is 1.28. The van der Waals surface area contributed by atoms with Crippen molar-refractivity contribution in [3.8, 4) is 5.69 Å². The van der Waals surface area contributed by atoms with E-state index in [-0.39, 0.29) is 11.2 Å². The molecule has 0 bridgehead atoms. The SMILES string of the molecule is COC(=O)C(C)Sc1ncnc2c1nnn2-c1ccc(C)cc1. The Morgan fingerprint density at radius 2 is 2.00 bits per heavy atom. The highest BCUT2D eigenvalue weighted by atomic mass is 32.2. The van der Waals surface area contributed by atoms with Crippen LogP contribution in [0.5, 0.6) is 0 Å². The molecule has 1 unspecified atom stereocenters. The standard InChI is InChI=1S/C15H15N5O2S/c1-9-4-6-11(7-5-9)20-13-12(18-19-20)14(17-8-16-13)23-10(2)15(21)22-3/h4-8,10H,1-3H3. The van der Waals surface area contributed by atoms with E-state index in [1.165, 1.54) is 25.2 Å². The summed E-state index contributed by atoms with van der Waals surface area (Å²) in [6.07, 6.45) is 1.45. The highest BCUT2D eigenvalue weighted by molar-refractivity contribution is 8.00. The van der Waals surface area contributed by atoms with Crippen molar-refractivity contribution in [1.29, 1.82) is 0 Å². The molecule has 0 spiro atoms. The molecule has 8 heteroatoms. The van der Waals surface area contributed by atoms with Crippen LogP contribution in [0.3, 0.4) is 0 Å². The second-order valence-corrected chi connectivity index (χ2v) is 6.30. The van der Waals surface area contributed by atoms with Crippen molar-refractivity contribution in [3.05, 3.63) is 36.2 Å². The third kappa shape index (κ3) is 3.02. The Kier molecular flexibility index (Phi) is 4.24. The minimum absolute atomic E-state index is 0.312. The predicted molar refractivity (Wildman–Crippen MR) is 86.5 cm³/mol. The van der Waals surface area contributed by atoms with Crippen molar-refractivity contribution in [3.63, 3.8) is 0 Å². The van der Waals surface area contributed by atoms with Gasteiger partial charge in [-0.3, -0.25) is 4.79 Å². The van der Waals surface area contributed by atoms with Crippen LogP contribution < -0.4 is 0 Å². The largest absolute Gasteiger partial charge is 0.468 e. The van der Waals surface area contributed by atoms with Crippen LogP contribution in [0.2, 0.25) is 0 Å². The first-order chi connectivity index (χ1) is 11.1. The maximum atomic E-state index is 11.6. The molecular formula is C15H15N5O2S. The molecule has 0 fully saturated rings. The molecule has 0 amide bonds. The molecular weight excluding hydrogens is 314 g/mol. The van der Waals surface area contributed by atoms with Gasteiger partial charge >= 0.3 is 5.97 Å². The molecule has 118 valence electrons. The van der Waals surface area contributed by atoms with Gasteiger partial charge in [-0.2, -0.15) is 4.68 Å². The van der Waals surface area contributed by atoms with Gasteiger partial charge in [-0.1, -0.05) is 34.7 Å². The number of carbonyl (C=O) groups excluding carboxylic acids is 1. The second kappa shape index (κ2) is 6.33. The number of aryl methyl sites for hydroxylation is 1. The van der Waals surface area contributed by atoms with Crippen LogP contribution in [0.4, 0.5) is 0 Å². The summed E-state index contributed by atoms with van der Waals surface area (Å²) in [6.45, 7) is 3.78. The van der Waals surface area contributed by atoms with E-state index in [0.717, 1.165) is 11.3 Å². The number of aromatic nitrogens is 5. The minimum Gasteiger partial charge on any atom is -0.468 e. The number of rotatable bonds is 4. The average Bonchev–Trinajstić information content (AvgIpc) is 3.00. The zero-order valence-corrected chi connectivity index (χ0v) is 13.7. The van der Waals surface area contributed by atoms with Gasteiger partial charge in [-0.25, -0.2) is 9.97 Å². The summed E-state index contributed by atoms with van der Waals surface area (Å²) in [4.78, 5) is 20.1. The van der Waals surface area contributed by atoms with Crippen LogP contribution in [0.1, 0.15) is 12.5 Å². The van der Waals surface area contributed by atoms with Crippen LogP contribution in [-0.4, -0.2) is 43.3 Å². The summed E-state index contributed by atoms with van der Waals surface area (Å²) in [5.74, 6) is -0.312. The molecule has 1 atom stereocenters. The molecule has 0 aliphatic carbocycles. The van der Waals surface area contributed by atoms with E-state index < -0.39 is 0 Å². The summed E-state index contributed by atoms with van der Waals surface area (Å²) in [6, 6.07) is 7.91. The Morgan fingerprint density at radius 3 is 2.70 bits per heavy atom. The molecule has 2 aromatic heterocycles. The molecule has 1 aromatic carbocycles. The lowest BCUT2D eigenvalue weighted by atomic mass is 10.2. The number of carbonyl (C=O) groups is 1. The van der Waals surface area contributed by atoms with Crippen LogP contribution in [0.25, 0.3) is 16.9 Å². The third-order valence-electron chi connectivity index (χ3n) is 3.30. The molecule has 0 radical (unpaired) electrons. The maximum Gasteiger partial charge on any atom is 0.318 e. The number of hydrogen-bond acceptors (Lipinski definition) is 7. The first-order valence-electron chi connectivity index (χ1n) is 6.98. The normalized spacial score (nSPS) is 12.3. The van der Waals surface area contributed by atoms with Crippen LogP contribution in [0, 0.1) is 6.92 Å². The fourth-order valence-corrected chi connectivity index (χ4v) is 2.93. The topological polar surface area (TPSA) is 82.8 Å². The molecule has 0 saturated heterocycles. The van der Waals surface area contributed by atoms with Gasteiger partial charge < -0.3 is 4.74 Å². The highest BCUT2D eigenvalue weighted by Gasteiger charge is 2.20. The van der Waals surface area contributed by atoms with Gasteiger partial charge in [-0.05, 0) is 26.0 Å². The van der Waals surface area contributed by atoms with Gasteiger partial charge in [0.15, 0.2) is 11.2 Å². The van der Waals surface area contributed by atoms with Crippen molar-refractivity contribution >= 4 is 28.9 Å². The Bertz CT molecular complexity index is 847. The average molecular weight is 329 g/mol. The summed E-state index contributed by atoms with van der Waals surface area (Å²) in [5, 5.41) is 8.55. The first-order valence-corrected chi connectivity index (χ1v) is 7.86. The van der Waals surface area contributed by atoms with Crippen molar-refractivity contribution in [2.45, 2.75) is 24.1 Å². The zero-order chi connectivity index (χ0) is 16.4. The molecule has 7 nitrogen and oxygen atoms in total. The van der Waals surface area contributed by atoms with Gasteiger partial charge in [-0.15, -0.1) is 5.10 Å². The molecule has 3 aromatic rings. The Hall–Kier alpha value is -2.48. The van der Waals surface area contributed by atoms with E-state index in [0.29, 0.717) is 16.2 Å². The number of thioether (sulfide) groups is 1. The molecule has 0 aliphatic rings. The minimum atomic E-state index is -0.386. The zero-order valence-electron chi connectivity index (χ0n) is 12.9. The van der Waals surface area contributed by atoms with Crippen molar-refractivity contribution in [2.24, 2.45) is 0 Å².